The first-order valence-electron chi connectivity index (χ1n) is 6.76. The summed E-state index contributed by atoms with van der Waals surface area (Å²) in [4.78, 5) is 0. The molecule has 18 heavy (non-hydrogen) atoms. The molecule has 2 heteroatoms. The second kappa shape index (κ2) is 7.70. The molecule has 2 nitrogen and oxygen atoms in total. The number of allylic oxidation sites excluding steroid dienone is 2. The fraction of sp³-hybridized carbons (Fsp3) is 0.438. The molecular formula is C16H24N2. The lowest BCUT2D eigenvalue weighted by atomic mass is 9.89. The second-order valence-electron chi connectivity index (χ2n) is 4.57. The van der Waals surface area contributed by atoms with Crippen molar-refractivity contribution in [2.45, 2.75) is 39.5 Å². The van der Waals surface area contributed by atoms with Gasteiger partial charge in [0.25, 0.3) is 0 Å². The van der Waals surface area contributed by atoms with Crippen LogP contribution in [0.2, 0.25) is 0 Å². The molecule has 1 aromatic rings. The van der Waals surface area contributed by atoms with Crippen LogP contribution in [0.3, 0.4) is 0 Å². The maximum atomic E-state index is 4.06. The van der Waals surface area contributed by atoms with E-state index < -0.39 is 0 Å². The SMILES string of the molecule is C=C/C(=C\c1cn[nH]c1C=C)C(CCC)CCC. The number of H-pyrrole nitrogens is 1. The third-order valence-corrected chi connectivity index (χ3v) is 3.21. The summed E-state index contributed by atoms with van der Waals surface area (Å²) in [5.41, 5.74) is 3.38. The van der Waals surface area contributed by atoms with Crippen LogP contribution in [-0.4, -0.2) is 10.2 Å². The summed E-state index contributed by atoms with van der Waals surface area (Å²) in [5, 5.41) is 7.00. The minimum absolute atomic E-state index is 0.602. The van der Waals surface area contributed by atoms with Gasteiger partial charge in [0.05, 0.1) is 11.9 Å². The van der Waals surface area contributed by atoms with Crippen molar-refractivity contribution < 1.29 is 0 Å². The molecule has 1 N–H and O–H groups in total. The van der Waals surface area contributed by atoms with E-state index in [0.717, 1.165) is 11.3 Å². The first kappa shape index (κ1) is 14.5. The highest BCUT2D eigenvalue weighted by molar-refractivity contribution is 5.64. The van der Waals surface area contributed by atoms with Gasteiger partial charge in [0.2, 0.25) is 0 Å². The molecule has 1 rings (SSSR count). The van der Waals surface area contributed by atoms with E-state index in [0.29, 0.717) is 5.92 Å². The first-order valence-corrected chi connectivity index (χ1v) is 6.76. The summed E-state index contributed by atoms with van der Waals surface area (Å²) in [7, 11) is 0. The molecular weight excluding hydrogens is 220 g/mol. The molecule has 0 atom stereocenters. The maximum Gasteiger partial charge on any atom is 0.0644 e. The van der Waals surface area contributed by atoms with Crippen molar-refractivity contribution in [2.24, 2.45) is 5.92 Å². The smallest absolute Gasteiger partial charge is 0.0644 e. The molecule has 98 valence electrons. The van der Waals surface area contributed by atoms with Gasteiger partial charge in [-0.15, -0.1) is 0 Å². The average Bonchev–Trinajstić information content (AvgIpc) is 2.83. The zero-order chi connectivity index (χ0) is 13.4. The minimum atomic E-state index is 0.602. The summed E-state index contributed by atoms with van der Waals surface area (Å²) in [6.45, 7) is 12.2. The highest BCUT2D eigenvalue weighted by Gasteiger charge is 2.11. The number of nitrogens with one attached hydrogen (secondary N) is 1. The lowest BCUT2D eigenvalue weighted by Gasteiger charge is -2.16. The first-order chi connectivity index (χ1) is 8.76. The van der Waals surface area contributed by atoms with Gasteiger partial charge >= 0.3 is 0 Å². The lowest BCUT2D eigenvalue weighted by molar-refractivity contribution is 0.515. The predicted octanol–water partition coefficient (Wildman–Crippen LogP) is 4.84. The van der Waals surface area contributed by atoms with E-state index in [1.807, 2.05) is 12.3 Å². The van der Waals surface area contributed by atoms with Crippen LogP contribution in [0.1, 0.15) is 50.8 Å². The number of rotatable bonds is 8. The number of aromatic nitrogens is 2. The van der Waals surface area contributed by atoms with Crippen LogP contribution in [-0.2, 0) is 0 Å². The molecule has 0 spiro atoms. The van der Waals surface area contributed by atoms with Crippen LogP contribution in [0.5, 0.6) is 0 Å². The van der Waals surface area contributed by atoms with E-state index >= 15 is 0 Å². The van der Waals surface area contributed by atoms with Crippen LogP contribution < -0.4 is 0 Å². The van der Waals surface area contributed by atoms with E-state index in [-0.39, 0.29) is 0 Å². The Morgan fingerprint density at radius 3 is 2.50 bits per heavy atom. The number of hydrogen-bond acceptors (Lipinski definition) is 1. The monoisotopic (exact) mass is 244 g/mol. The largest absolute Gasteiger partial charge is 0.278 e. The van der Waals surface area contributed by atoms with Gasteiger partial charge in [-0.25, -0.2) is 0 Å². The second-order valence-corrected chi connectivity index (χ2v) is 4.57. The average molecular weight is 244 g/mol. The summed E-state index contributed by atoms with van der Waals surface area (Å²) in [5.74, 6) is 0.602. The molecule has 0 amide bonds. The van der Waals surface area contributed by atoms with Crippen molar-refractivity contribution in [1.29, 1.82) is 0 Å². The van der Waals surface area contributed by atoms with Gasteiger partial charge in [-0.3, -0.25) is 5.10 Å². The van der Waals surface area contributed by atoms with Crippen LogP contribution in [0.25, 0.3) is 12.2 Å². The van der Waals surface area contributed by atoms with Gasteiger partial charge in [0.15, 0.2) is 0 Å². The van der Waals surface area contributed by atoms with E-state index in [1.165, 1.54) is 31.3 Å². The molecule has 0 aliphatic rings. The molecule has 0 aliphatic heterocycles. The zero-order valence-electron chi connectivity index (χ0n) is 11.6. The zero-order valence-corrected chi connectivity index (χ0v) is 11.6. The standard InChI is InChI=1S/C16H24N2/c1-5-9-14(10-6-2)13(7-3)11-15-12-17-18-16(15)8-4/h7-8,11-12,14H,3-6,9-10H2,1-2H3,(H,17,18)/b13-11+. The van der Waals surface area contributed by atoms with Crippen molar-refractivity contribution in [3.63, 3.8) is 0 Å². The summed E-state index contributed by atoms with van der Waals surface area (Å²) in [6.07, 6.45) is 12.6. The predicted molar refractivity (Wildman–Crippen MR) is 80.2 cm³/mol. The topological polar surface area (TPSA) is 28.7 Å². The van der Waals surface area contributed by atoms with Crippen LogP contribution in [0.4, 0.5) is 0 Å². The van der Waals surface area contributed by atoms with Crippen LogP contribution >= 0.6 is 0 Å². The van der Waals surface area contributed by atoms with Crippen molar-refractivity contribution in [3.05, 3.63) is 42.3 Å². The molecule has 1 aromatic heterocycles. The third-order valence-electron chi connectivity index (χ3n) is 3.21. The third kappa shape index (κ3) is 3.73. The Balaban J connectivity index is 2.99. The number of hydrogen-bond donors (Lipinski definition) is 1. The molecule has 0 bridgehead atoms. The van der Waals surface area contributed by atoms with Gasteiger partial charge in [0.1, 0.15) is 0 Å². The van der Waals surface area contributed by atoms with Crippen molar-refractivity contribution in [3.8, 4) is 0 Å². The quantitative estimate of drug-likeness (QED) is 0.651. The molecule has 0 saturated heterocycles. The van der Waals surface area contributed by atoms with Crippen molar-refractivity contribution in [1.82, 2.24) is 10.2 Å². The van der Waals surface area contributed by atoms with Crippen LogP contribution in [0.15, 0.2) is 31.0 Å². The normalized spacial score (nSPS) is 11.8. The molecule has 0 radical (unpaired) electrons. The number of aromatic amines is 1. The van der Waals surface area contributed by atoms with E-state index in [1.54, 1.807) is 6.08 Å². The molecule has 0 aliphatic carbocycles. The van der Waals surface area contributed by atoms with E-state index in [2.05, 4.69) is 43.3 Å². The van der Waals surface area contributed by atoms with Gasteiger partial charge in [0, 0.05) is 5.56 Å². The highest BCUT2D eigenvalue weighted by Crippen LogP contribution is 2.26. The van der Waals surface area contributed by atoms with Gasteiger partial charge in [-0.2, -0.15) is 5.10 Å². The molecule has 1 heterocycles. The maximum absolute atomic E-state index is 4.06. The molecule has 0 fully saturated rings. The fourth-order valence-electron chi connectivity index (χ4n) is 2.28. The Kier molecular flexibility index (Phi) is 6.20. The highest BCUT2D eigenvalue weighted by atomic mass is 15.1. The minimum Gasteiger partial charge on any atom is -0.278 e. The summed E-state index contributed by atoms with van der Waals surface area (Å²) >= 11 is 0. The van der Waals surface area contributed by atoms with Gasteiger partial charge in [-0.1, -0.05) is 45.9 Å². The lowest BCUT2D eigenvalue weighted by Crippen LogP contribution is -2.02. The Bertz CT molecular complexity index is 406. The van der Waals surface area contributed by atoms with E-state index in [4.69, 9.17) is 0 Å². The van der Waals surface area contributed by atoms with Crippen molar-refractivity contribution in [2.75, 3.05) is 0 Å². The number of nitrogens with zero attached hydrogens (tertiary/aromatic N) is 1. The Hall–Kier alpha value is -1.57. The van der Waals surface area contributed by atoms with Gasteiger partial charge in [-0.05, 0) is 36.5 Å². The molecule has 0 saturated carbocycles. The Morgan fingerprint density at radius 1 is 1.33 bits per heavy atom. The van der Waals surface area contributed by atoms with Crippen molar-refractivity contribution >= 4 is 12.2 Å². The van der Waals surface area contributed by atoms with Gasteiger partial charge < -0.3 is 0 Å². The fourth-order valence-corrected chi connectivity index (χ4v) is 2.28. The summed E-state index contributed by atoms with van der Waals surface area (Å²) < 4.78 is 0. The summed E-state index contributed by atoms with van der Waals surface area (Å²) in [6, 6.07) is 0. The Morgan fingerprint density at radius 2 is 2.00 bits per heavy atom. The Labute approximate surface area is 111 Å². The molecule has 0 aromatic carbocycles. The van der Waals surface area contributed by atoms with E-state index in [9.17, 15) is 0 Å². The molecule has 0 unspecified atom stereocenters. The van der Waals surface area contributed by atoms with Crippen LogP contribution in [0, 0.1) is 5.92 Å².